The van der Waals surface area contributed by atoms with Crippen LogP contribution in [0.4, 0.5) is 0 Å². The molecule has 18 heavy (non-hydrogen) atoms. The number of nitrogens with zero attached hydrogens (tertiary/aromatic N) is 1. The maximum absolute atomic E-state index is 4.53. The molecule has 1 aromatic carbocycles. The molecule has 1 heterocycles. The minimum Gasteiger partial charge on any atom is -0.316 e. The van der Waals surface area contributed by atoms with Crippen LogP contribution in [0.2, 0.25) is 0 Å². The van der Waals surface area contributed by atoms with Crippen molar-refractivity contribution in [3.05, 3.63) is 52.1 Å². The lowest BCUT2D eigenvalue weighted by atomic mass is 10.2. The molecule has 94 valence electrons. The zero-order valence-corrected chi connectivity index (χ0v) is 12.8. The van der Waals surface area contributed by atoms with Gasteiger partial charge < -0.3 is 5.32 Å². The van der Waals surface area contributed by atoms with Crippen LogP contribution in [0.15, 0.2) is 50.9 Å². The molecule has 2 rings (SSSR count). The summed E-state index contributed by atoms with van der Waals surface area (Å²) in [6.07, 6.45) is 1.93. The summed E-state index contributed by atoms with van der Waals surface area (Å²) in [6, 6.07) is 10.5. The van der Waals surface area contributed by atoms with Crippen LogP contribution < -0.4 is 5.32 Å². The number of aryl methyl sites for hydroxylation is 1. The van der Waals surface area contributed by atoms with E-state index >= 15 is 0 Å². The first kappa shape index (κ1) is 13.6. The van der Waals surface area contributed by atoms with Crippen molar-refractivity contribution in [2.24, 2.45) is 0 Å². The maximum atomic E-state index is 4.53. The average Bonchev–Trinajstić information content (AvgIpc) is 2.33. The van der Waals surface area contributed by atoms with Gasteiger partial charge in [-0.3, -0.25) is 0 Å². The van der Waals surface area contributed by atoms with Crippen molar-refractivity contribution in [1.29, 1.82) is 0 Å². The van der Waals surface area contributed by atoms with E-state index in [0.29, 0.717) is 0 Å². The third kappa shape index (κ3) is 3.57. The first-order valence-corrected chi connectivity index (χ1v) is 7.33. The highest BCUT2D eigenvalue weighted by Crippen LogP contribution is 2.30. The molecule has 0 atom stereocenters. The number of aromatic nitrogens is 1. The van der Waals surface area contributed by atoms with Crippen molar-refractivity contribution in [1.82, 2.24) is 10.3 Å². The molecule has 0 spiro atoms. The Morgan fingerprint density at radius 2 is 2.17 bits per heavy atom. The summed E-state index contributed by atoms with van der Waals surface area (Å²) in [7, 11) is 1.94. The number of rotatable bonds is 4. The van der Waals surface area contributed by atoms with Crippen LogP contribution in [0.3, 0.4) is 0 Å². The highest BCUT2D eigenvalue weighted by atomic mass is 79.9. The first-order valence-electron chi connectivity index (χ1n) is 5.72. The molecule has 0 unspecified atom stereocenters. The van der Waals surface area contributed by atoms with Gasteiger partial charge in [-0.1, -0.05) is 39.8 Å². The van der Waals surface area contributed by atoms with Crippen molar-refractivity contribution in [3.63, 3.8) is 0 Å². The monoisotopic (exact) mass is 322 g/mol. The summed E-state index contributed by atoms with van der Waals surface area (Å²) in [6.45, 7) is 2.96. The van der Waals surface area contributed by atoms with Gasteiger partial charge in [0.25, 0.3) is 0 Å². The largest absolute Gasteiger partial charge is 0.316 e. The molecule has 0 aliphatic carbocycles. The van der Waals surface area contributed by atoms with Gasteiger partial charge in [0.15, 0.2) is 0 Å². The number of halogens is 1. The molecule has 0 aliphatic heterocycles. The second-order valence-corrected chi connectivity index (χ2v) is 6.03. The van der Waals surface area contributed by atoms with Crippen molar-refractivity contribution in [3.8, 4) is 0 Å². The maximum Gasteiger partial charge on any atom is 0.104 e. The van der Waals surface area contributed by atoms with E-state index in [1.54, 1.807) is 11.8 Å². The summed E-state index contributed by atoms with van der Waals surface area (Å²) in [5.74, 6) is 0. The molecule has 2 nitrogen and oxygen atoms in total. The fourth-order valence-electron chi connectivity index (χ4n) is 1.67. The summed E-state index contributed by atoms with van der Waals surface area (Å²) in [5, 5.41) is 4.20. The lowest BCUT2D eigenvalue weighted by Crippen LogP contribution is -2.05. The molecule has 0 amide bonds. The Labute approximate surface area is 120 Å². The third-order valence-corrected chi connectivity index (χ3v) is 4.08. The SMILES string of the molecule is CNCc1cnc(Sc2cccc(Br)c2)c(C)c1. The van der Waals surface area contributed by atoms with Gasteiger partial charge in [-0.15, -0.1) is 0 Å². The highest BCUT2D eigenvalue weighted by Gasteiger charge is 2.04. The van der Waals surface area contributed by atoms with Gasteiger partial charge >= 0.3 is 0 Å². The van der Waals surface area contributed by atoms with Gasteiger partial charge in [-0.05, 0) is 43.3 Å². The van der Waals surface area contributed by atoms with Gasteiger partial charge in [0.1, 0.15) is 5.03 Å². The van der Waals surface area contributed by atoms with Crippen LogP contribution in [0.1, 0.15) is 11.1 Å². The fraction of sp³-hybridized carbons (Fsp3) is 0.214. The number of benzene rings is 1. The lowest BCUT2D eigenvalue weighted by molar-refractivity contribution is 0.806. The second-order valence-electron chi connectivity index (χ2n) is 4.06. The summed E-state index contributed by atoms with van der Waals surface area (Å²) >= 11 is 5.18. The molecule has 2 aromatic rings. The number of pyridine rings is 1. The Hall–Kier alpha value is -0.840. The van der Waals surface area contributed by atoms with E-state index in [1.807, 2.05) is 25.4 Å². The van der Waals surface area contributed by atoms with Crippen molar-refractivity contribution < 1.29 is 0 Å². The Bertz CT molecular complexity index is 543. The molecule has 0 radical (unpaired) electrons. The van der Waals surface area contributed by atoms with E-state index < -0.39 is 0 Å². The Morgan fingerprint density at radius 1 is 1.33 bits per heavy atom. The first-order chi connectivity index (χ1) is 8.69. The molecule has 0 saturated carbocycles. The second kappa shape index (κ2) is 6.36. The van der Waals surface area contributed by atoms with Crippen LogP contribution >= 0.6 is 27.7 Å². The molecular formula is C14H15BrN2S. The summed E-state index contributed by atoms with van der Waals surface area (Å²) in [4.78, 5) is 5.73. The summed E-state index contributed by atoms with van der Waals surface area (Å²) in [5.41, 5.74) is 2.43. The van der Waals surface area contributed by atoms with Crippen molar-refractivity contribution >= 4 is 27.7 Å². The molecule has 1 N–H and O–H groups in total. The predicted molar refractivity (Wildman–Crippen MR) is 80.0 cm³/mol. The van der Waals surface area contributed by atoms with Gasteiger partial charge in [0, 0.05) is 22.1 Å². The zero-order valence-electron chi connectivity index (χ0n) is 10.4. The zero-order chi connectivity index (χ0) is 13.0. The standard InChI is InChI=1S/C14H15BrN2S/c1-10-6-11(8-16-2)9-17-14(10)18-13-5-3-4-12(15)7-13/h3-7,9,16H,8H2,1-2H3. The Morgan fingerprint density at radius 3 is 2.83 bits per heavy atom. The van der Waals surface area contributed by atoms with E-state index in [2.05, 4.69) is 51.4 Å². The van der Waals surface area contributed by atoms with E-state index in [9.17, 15) is 0 Å². The molecule has 0 bridgehead atoms. The lowest BCUT2D eigenvalue weighted by Gasteiger charge is -2.07. The molecule has 1 aromatic heterocycles. The quantitative estimate of drug-likeness (QED) is 0.920. The van der Waals surface area contributed by atoms with Crippen LogP contribution in [0.25, 0.3) is 0 Å². The van der Waals surface area contributed by atoms with Crippen molar-refractivity contribution in [2.45, 2.75) is 23.4 Å². The number of hydrogen-bond donors (Lipinski definition) is 1. The number of hydrogen-bond acceptors (Lipinski definition) is 3. The van der Waals surface area contributed by atoms with Gasteiger partial charge in [-0.2, -0.15) is 0 Å². The number of nitrogens with one attached hydrogen (secondary N) is 1. The van der Waals surface area contributed by atoms with E-state index in [-0.39, 0.29) is 0 Å². The van der Waals surface area contributed by atoms with Crippen LogP contribution in [0.5, 0.6) is 0 Å². The molecular weight excluding hydrogens is 308 g/mol. The predicted octanol–water partition coefficient (Wildman–Crippen LogP) is 4.02. The van der Waals surface area contributed by atoms with Crippen LogP contribution in [-0.4, -0.2) is 12.0 Å². The molecule has 4 heteroatoms. The molecule has 0 fully saturated rings. The minimum atomic E-state index is 0.857. The van der Waals surface area contributed by atoms with Crippen LogP contribution in [0, 0.1) is 6.92 Å². The van der Waals surface area contributed by atoms with Gasteiger partial charge in [0.2, 0.25) is 0 Å². The van der Waals surface area contributed by atoms with E-state index in [1.165, 1.54) is 16.0 Å². The fourth-order valence-corrected chi connectivity index (χ4v) is 3.10. The average molecular weight is 323 g/mol. The van der Waals surface area contributed by atoms with Crippen molar-refractivity contribution in [2.75, 3.05) is 7.05 Å². The van der Waals surface area contributed by atoms with Gasteiger partial charge in [-0.25, -0.2) is 4.98 Å². The molecule has 0 aliphatic rings. The Kier molecular flexibility index (Phi) is 4.80. The van der Waals surface area contributed by atoms with Crippen LogP contribution in [-0.2, 0) is 6.54 Å². The van der Waals surface area contributed by atoms with Gasteiger partial charge in [0.05, 0.1) is 0 Å². The van der Waals surface area contributed by atoms with E-state index in [0.717, 1.165) is 16.0 Å². The summed E-state index contributed by atoms with van der Waals surface area (Å²) < 4.78 is 1.09. The Balaban J connectivity index is 2.19. The third-order valence-electron chi connectivity index (χ3n) is 2.48. The smallest absolute Gasteiger partial charge is 0.104 e. The topological polar surface area (TPSA) is 24.9 Å². The normalized spacial score (nSPS) is 10.6. The minimum absolute atomic E-state index is 0.857. The van der Waals surface area contributed by atoms with E-state index in [4.69, 9.17) is 0 Å². The highest BCUT2D eigenvalue weighted by molar-refractivity contribution is 9.10. The molecule has 0 saturated heterocycles.